The Bertz CT molecular complexity index is 571. The van der Waals surface area contributed by atoms with E-state index in [9.17, 15) is 0 Å². The molecular formula is C16H18BrN. The van der Waals surface area contributed by atoms with Crippen LogP contribution in [0, 0.1) is 0 Å². The quantitative estimate of drug-likeness (QED) is 0.853. The lowest BCUT2D eigenvalue weighted by molar-refractivity contribution is 0.718. The lowest BCUT2D eigenvalue weighted by Gasteiger charge is -2.18. The van der Waals surface area contributed by atoms with Crippen molar-refractivity contribution in [2.24, 2.45) is 5.73 Å². The molecule has 2 aromatic rings. The average Bonchev–Trinajstić information content (AvgIpc) is 2.90. The van der Waals surface area contributed by atoms with Crippen LogP contribution >= 0.6 is 15.9 Å². The van der Waals surface area contributed by atoms with Crippen LogP contribution in [0.5, 0.6) is 0 Å². The van der Waals surface area contributed by atoms with E-state index in [1.807, 2.05) is 0 Å². The van der Waals surface area contributed by atoms with Crippen molar-refractivity contribution in [3.63, 3.8) is 0 Å². The van der Waals surface area contributed by atoms with Crippen molar-refractivity contribution in [1.82, 2.24) is 0 Å². The Balaban J connectivity index is 2.25. The van der Waals surface area contributed by atoms with E-state index in [1.54, 1.807) is 0 Å². The zero-order valence-electron chi connectivity index (χ0n) is 10.5. The number of hydrogen-bond donors (Lipinski definition) is 1. The lowest BCUT2D eigenvalue weighted by atomic mass is 9.88. The second kappa shape index (κ2) is 5.02. The van der Waals surface area contributed by atoms with Gasteiger partial charge in [-0.2, -0.15) is 0 Å². The minimum atomic E-state index is 0.647. The Morgan fingerprint density at radius 1 is 1.11 bits per heavy atom. The maximum absolute atomic E-state index is 5.94. The van der Waals surface area contributed by atoms with Crippen molar-refractivity contribution in [3.8, 4) is 0 Å². The molecule has 0 amide bonds. The molecule has 0 unspecified atom stereocenters. The summed E-state index contributed by atoms with van der Waals surface area (Å²) in [5.41, 5.74) is 8.77. The van der Waals surface area contributed by atoms with Gasteiger partial charge in [-0.25, -0.2) is 0 Å². The standard InChI is InChI=1S/C16H18BrN/c17-14-8-7-11-5-6-13(10-18)16(15(11)9-14)12-3-1-2-4-12/h5-9,12H,1-4,10,18H2. The van der Waals surface area contributed by atoms with Crippen LogP contribution < -0.4 is 5.73 Å². The van der Waals surface area contributed by atoms with Crippen LogP contribution in [0.4, 0.5) is 0 Å². The van der Waals surface area contributed by atoms with E-state index in [4.69, 9.17) is 5.73 Å². The van der Waals surface area contributed by atoms with Crippen LogP contribution in [0.3, 0.4) is 0 Å². The normalized spacial score (nSPS) is 16.6. The molecular weight excluding hydrogens is 286 g/mol. The smallest absolute Gasteiger partial charge is 0.0181 e. The molecule has 0 radical (unpaired) electrons. The zero-order valence-corrected chi connectivity index (χ0v) is 12.0. The summed E-state index contributed by atoms with van der Waals surface area (Å²) in [6.45, 7) is 0.647. The van der Waals surface area contributed by atoms with Crippen molar-refractivity contribution in [2.45, 2.75) is 38.1 Å². The van der Waals surface area contributed by atoms with E-state index in [2.05, 4.69) is 46.3 Å². The predicted octanol–water partition coefficient (Wildman–Crippen LogP) is 4.72. The highest BCUT2D eigenvalue weighted by Crippen LogP contribution is 2.40. The maximum atomic E-state index is 5.94. The molecule has 18 heavy (non-hydrogen) atoms. The lowest BCUT2D eigenvalue weighted by Crippen LogP contribution is -2.05. The van der Waals surface area contributed by atoms with E-state index < -0.39 is 0 Å². The van der Waals surface area contributed by atoms with Gasteiger partial charge in [-0.15, -0.1) is 0 Å². The van der Waals surface area contributed by atoms with E-state index in [0.29, 0.717) is 12.5 Å². The molecule has 0 aliphatic heterocycles. The van der Waals surface area contributed by atoms with Gasteiger partial charge in [0.15, 0.2) is 0 Å². The van der Waals surface area contributed by atoms with Gasteiger partial charge in [0.05, 0.1) is 0 Å². The fourth-order valence-electron chi connectivity index (χ4n) is 3.23. The fraction of sp³-hybridized carbons (Fsp3) is 0.375. The molecule has 0 bridgehead atoms. The minimum Gasteiger partial charge on any atom is -0.326 e. The van der Waals surface area contributed by atoms with Crippen molar-refractivity contribution < 1.29 is 0 Å². The van der Waals surface area contributed by atoms with Crippen LogP contribution in [0.15, 0.2) is 34.8 Å². The van der Waals surface area contributed by atoms with E-state index in [1.165, 1.54) is 47.6 Å². The third-order valence-electron chi connectivity index (χ3n) is 4.10. The molecule has 0 saturated heterocycles. The Morgan fingerprint density at radius 3 is 2.56 bits per heavy atom. The number of halogens is 1. The highest BCUT2D eigenvalue weighted by molar-refractivity contribution is 9.10. The van der Waals surface area contributed by atoms with E-state index in [0.717, 1.165) is 4.47 Å². The maximum Gasteiger partial charge on any atom is 0.0181 e. The fourth-order valence-corrected chi connectivity index (χ4v) is 3.60. The first-order valence-corrected chi connectivity index (χ1v) is 7.50. The summed E-state index contributed by atoms with van der Waals surface area (Å²) in [5.74, 6) is 0.710. The van der Waals surface area contributed by atoms with Crippen molar-refractivity contribution >= 4 is 26.7 Å². The molecule has 1 aliphatic carbocycles. The Labute approximate surface area is 117 Å². The van der Waals surface area contributed by atoms with Gasteiger partial charge in [0, 0.05) is 11.0 Å². The Kier molecular flexibility index (Phi) is 3.40. The molecule has 3 rings (SSSR count). The molecule has 0 spiro atoms. The highest BCUT2D eigenvalue weighted by atomic mass is 79.9. The largest absolute Gasteiger partial charge is 0.326 e. The third-order valence-corrected chi connectivity index (χ3v) is 4.59. The van der Waals surface area contributed by atoms with Gasteiger partial charge < -0.3 is 5.73 Å². The molecule has 2 heteroatoms. The molecule has 1 saturated carbocycles. The number of benzene rings is 2. The third kappa shape index (κ3) is 2.08. The summed E-state index contributed by atoms with van der Waals surface area (Å²) < 4.78 is 1.16. The molecule has 0 aromatic heterocycles. The molecule has 2 N–H and O–H groups in total. The van der Waals surface area contributed by atoms with Crippen molar-refractivity contribution in [2.75, 3.05) is 0 Å². The SMILES string of the molecule is NCc1ccc2ccc(Br)cc2c1C1CCCC1. The monoisotopic (exact) mass is 303 g/mol. The Morgan fingerprint density at radius 2 is 1.83 bits per heavy atom. The van der Waals surface area contributed by atoms with Crippen molar-refractivity contribution in [1.29, 1.82) is 0 Å². The highest BCUT2D eigenvalue weighted by Gasteiger charge is 2.21. The zero-order chi connectivity index (χ0) is 12.5. The van der Waals surface area contributed by atoms with E-state index in [-0.39, 0.29) is 0 Å². The Hall–Kier alpha value is -0.860. The van der Waals surface area contributed by atoms with Gasteiger partial charge in [-0.3, -0.25) is 0 Å². The average molecular weight is 304 g/mol. The number of rotatable bonds is 2. The minimum absolute atomic E-state index is 0.647. The van der Waals surface area contributed by atoms with Crippen LogP contribution in [0.2, 0.25) is 0 Å². The van der Waals surface area contributed by atoms with Crippen molar-refractivity contribution in [3.05, 3.63) is 45.9 Å². The number of nitrogens with two attached hydrogens (primary N) is 1. The molecule has 2 aromatic carbocycles. The first kappa shape index (κ1) is 12.2. The summed E-state index contributed by atoms with van der Waals surface area (Å²) in [7, 11) is 0. The van der Waals surface area contributed by atoms with Gasteiger partial charge >= 0.3 is 0 Å². The first-order chi connectivity index (χ1) is 8.79. The molecule has 94 valence electrons. The van der Waals surface area contributed by atoms with Gasteiger partial charge in [0.25, 0.3) is 0 Å². The summed E-state index contributed by atoms with van der Waals surface area (Å²) >= 11 is 3.59. The van der Waals surface area contributed by atoms with E-state index >= 15 is 0 Å². The molecule has 0 atom stereocenters. The molecule has 0 heterocycles. The topological polar surface area (TPSA) is 26.0 Å². The molecule has 1 fully saturated rings. The summed E-state index contributed by atoms with van der Waals surface area (Å²) in [6, 6.07) is 11.0. The predicted molar refractivity (Wildman–Crippen MR) is 80.7 cm³/mol. The second-order valence-electron chi connectivity index (χ2n) is 5.19. The summed E-state index contributed by atoms with van der Waals surface area (Å²) in [4.78, 5) is 0. The molecule has 1 nitrogen and oxygen atoms in total. The van der Waals surface area contributed by atoms with Crippen LogP contribution in [-0.2, 0) is 6.54 Å². The molecule has 1 aliphatic rings. The summed E-state index contributed by atoms with van der Waals surface area (Å²) in [5, 5.41) is 2.72. The van der Waals surface area contributed by atoms with Gasteiger partial charge in [0.1, 0.15) is 0 Å². The van der Waals surface area contributed by atoms with Gasteiger partial charge in [-0.05, 0) is 52.8 Å². The van der Waals surface area contributed by atoms with Crippen LogP contribution in [0.25, 0.3) is 10.8 Å². The van der Waals surface area contributed by atoms with Gasteiger partial charge in [-0.1, -0.05) is 47.0 Å². The second-order valence-corrected chi connectivity index (χ2v) is 6.10. The number of fused-ring (bicyclic) bond motifs is 1. The number of hydrogen-bond acceptors (Lipinski definition) is 1. The first-order valence-electron chi connectivity index (χ1n) is 6.70. The van der Waals surface area contributed by atoms with Crippen LogP contribution in [-0.4, -0.2) is 0 Å². The van der Waals surface area contributed by atoms with Crippen LogP contribution in [0.1, 0.15) is 42.7 Å². The van der Waals surface area contributed by atoms with Gasteiger partial charge in [0.2, 0.25) is 0 Å². The summed E-state index contributed by atoms with van der Waals surface area (Å²) in [6.07, 6.45) is 5.36.